The van der Waals surface area contributed by atoms with Crippen LogP contribution < -0.4 is 0 Å². The van der Waals surface area contributed by atoms with E-state index in [1.165, 1.54) is 0 Å². The van der Waals surface area contributed by atoms with Gasteiger partial charge in [-0.15, -0.1) is 0 Å². The van der Waals surface area contributed by atoms with Gasteiger partial charge in [-0.05, 0) is 41.5 Å². The molecular formula is C20H14N2O2. The molecule has 2 aromatic carbocycles. The number of benzene rings is 2. The van der Waals surface area contributed by atoms with E-state index in [4.69, 9.17) is 0 Å². The Kier molecular flexibility index (Phi) is 3.35. The van der Waals surface area contributed by atoms with Gasteiger partial charge in [0, 0.05) is 29.4 Å². The maximum absolute atomic E-state index is 10.9. The molecule has 2 aromatic heterocycles. The fourth-order valence-electron chi connectivity index (χ4n) is 3.00. The van der Waals surface area contributed by atoms with E-state index in [1.807, 2.05) is 36.5 Å². The molecule has 0 spiro atoms. The standard InChI is InChI=1S/C20H14N2O2/c23-22(24)17-11-9-16(10-12-17)20-19(15-6-2-1-3-7-15)14-18-8-4-5-13-21(18)20/h1-14H. The summed E-state index contributed by atoms with van der Waals surface area (Å²) in [4.78, 5) is 10.5. The van der Waals surface area contributed by atoms with E-state index in [9.17, 15) is 10.1 Å². The van der Waals surface area contributed by atoms with E-state index in [0.29, 0.717) is 0 Å². The Labute approximate surface area is 138 Å². The van der Waals surface area contributed by atoms with Crippen LogP contribution in [0.1, 0.15) is 0 Å². The molecule has 0 fully saturated rings. The van der Waals surface area contributed by atoms with Crippen molar-refractivity contribution in [3.8, 4) is 22.4 Å². The summed E-state index contributed by atoms with van der Waals surface area (Å²) in [5, 5.41) is 10.9. The second-order valence-corrected chi connectivity index (χ2v) is 5.57. The molecule has 2 heterocycles. The van der Waals surface area contributed by atoms with Crippen LogP contribution in [0.4, 0.5) is 5.69 Å². The number of pyridine rings is 1. The molecule has 4 heteroatoms. The number of nitrogens with zero attached hydrogens (tertiary/aromatic N) is 2. The van der Waals surface area contributed by atoms with Crippen molar-refractivity contribution in [3.05, 3.63) is 95.2 Å². The highest BCUT2D eigenvalue weighted by Crippen LogP contribution is 2.35. The first-order valence-electron chi connectivity index (χ1n) is 7.64. The minimum Gasteiger partial charge on any atom is -0.316 e. The van der Waals surface area contributed by atoms with Crippen LogP contribution in [-0.2, 0) is 0 Å². The van der Waals surface area contributed by atoms with Gasteiger partial charge in [-0.2, -0.15) is 0 Å². The van der Waals surface area contributed by atoms with Gasteiger partial charge < -0.3 is 4.40 Å². The lowest BCUT2D eigenvalue weighted by atomic mass is 10.0. The lowest BCUT2D eigenvalue weighted by molar-refractivity contribution is -0.384. The second kappa shape index (κ2) is 5.66. The van der Waals surface area contributed by atoms with Crippen LogP contribution in [0.25, 0.3) is 27.9 Å². The Morgan fingerprint density at radius 2 is 1.50 bits per heavy atom. The van der Waals surface area contributed by atoms with Crippen LogP contribution in [0.15, 0.2) is 85.1 Å². The first kappa shape index (κ1) is 14.2. The number of fused-ring (bicyclic) bond motifs is 1. The van der Waals surface area contributed by atoms with Crippen molar-refractivity contribution in [2.45, 2.75) is 0 Å². The molecule has 0 radical (unpaired) electrons. The monoisotopic (exact) mass is 314 g/mol. The van der Waals surface area contributed by atoms with Crippen LogP contribution in [0, 0.1) is 10.1 Å². The Morgan fingerprint density at radius 1 is 0.792 bits per heavy atom. The zero-order valence-electron chi connectivity index (χ0n) is 12.8. The fourth-order valence-corrected chi connectivity index (χ4v) is 3.00. The number of nitro groups is 1. The van der Waals surface area contributed by atoms with Crippen LogP contribution in [0.3, 0.4) is 0 Å². The predicted molar refractivity (Wildman–Crippen MR) is 94.9 cm³/mol. The molecule has 0 saturated heterocycles. The van der Waals surface area contributed by atoms with E-state index < -0.39 is 0 Å². The first-order valence-corrected chi connectivity index (χ1v) is 7.64. The van der Waals surface area contributed by atoms with Gasteiger partial charge in [0.15, 0.2) is 0 Å². The number of nitro benzene ring substituents is 1. The number of aromatic nitrogens is 1. The average molecular weight is 314 g/mol. The van der Waals surface area contributed by atoms with E-state index in [-0.39, 0.29) is 10.6 Å². The van der Waals surface area contributed by atoms with E-state index in [2.05, 4.69) is 28.7 Å². The lowest BCUT2D eigenvalue weighted by Gasteiger charge is -2.07. The molecule has 0 aliphatic rings. The van der Waals surface area contributed by atoms with Gasteiger partial charge in [0.25, 0.3) is 5.69 Å². The zero-order chi connectivity index (χ0) is 16.5. The van der Waals surface area contributed by atoms with E-state index in [1.54, 1.807) is 24.3 Å². The third-order valence-electron chi connectivity index (χ3n) is 4.12. The van der Waals surface area contributed by atoms with Gasteiger partial charge in [-0.3, -0.25) is 10.1 Å². The highest BCUT2D eigenvalue weighted by atomic mass is 16.6. The van der Waals surface area contributed by atoms with Crippen LogP contribution in [0.5, 0.6) is 0 Å². The van der Waals surface area contributed by atoms with E-state index >= 15 is 0 Å². The van der Waals surface area contributed by atoms with Crippen molar-refractivity contribution in [2.75, 3.05) is 0 Å². The van der Waals surface area contributed by atoms with Crippen LogP contribution >= 0.6 is 0 Å². The molecular weight excluding hydrogens is 300 g/mol. The van der Waals surface area contributed by atoms with Crippen molar-refractivity contribution in [1.29, 1.82) is 0 Å². The quantitative estimate of drug-likeness (QED) is 0.386. The summed E-state index contributed by atoms with van der Waals surface area (Å²) in [5.41, 5.74) is 5.40. The van der Waals surface area contributed by atoms with Gasteiger partial charge in [-0.25, -0.2) is 0 Å². The molecule has 0 aliphatic carbocycles. The summed E-state index contributed by atoms with van der Waals surface area (Å²) in [6.45, 7) is 0. The second-order valence-electron chi connectivity index (χ2n) is 5.57. The molecule has 24 heavy (non-hydrogen) atoms. The van der Waals surface area contributed by atoms with Crippen molar-refractivity contribution in [2.24, 2.45) is 0 Å². The summed E-state index contributed by atoms with van der Waals surface area (Å²) in [6.07, 6.45) is 2.01. The minimum atomic E-state index is -0.377. The van der Waals surface area contributed by atoms with Gasteiger partial charge in [-0.1, -0.05) is 36.4 Å². The SMILES string of the molecule is O=[N+]([O-])c1ccc(-c2c(-c3ccccc3)cc3ccccn23)cc1. The smallest absolute Gasteiger partial charge is 0.269 e. The van der Waals surface area contributed by atoms with Gasteiger partial charge >= 0.3 is 0 Å². The Hall–Kier alpha value is -3.40. The third-order valence-corrected chi connectivity index (χ3v) is 4.12. The maximum Gasteiger partial charge on any atom is 0.269 e. The normalized spacial score (nSPS) is 10.8. The molecule has 0 N–H and O–H groups in total. The molecule has 116 valence electrons. The lowest BCUT2D eigenvalue weighted by Crippen LogP contribution is -1.91. The average Bonchev–Trinajstić information content (AvgIpc) is 3.02. The van der Waals surface area contributed by atoms with Gasteiger partial charge in [0.2, 0.25) is 0 Å². The molecule has 4 nitrogen and oxygen atoms in total. The van der Waals surface area contributed by atoms with E-state index in [0.717, 1.165) is 27.9 Å². The largest absolute Gasteiger partial charge is 0.316 e. The molecule has 4 aromatic rings. The Morgan fingerprint density at radius 3 is 2.21 bits per heavy atom. The molecule has 4 rings (SSSR count). The molecule has 0 atom stereocenters. The topological polar surface area (TPSA) is 47.5 Å². The zero-order valence-corrected chi connectivity index (χ0v) is 12.8. The van der Waals surface area contributed by atoms with Crippen LogP contribution in [-0.4, -0.2) is 9.32 Å². The Bertz CT molecular complexity index is 1020. The Balaban J connectivity index is 1.97. The number of non-ortho nitro benzene ring substituents is 1. The predicted octanol–water partition coefficient (Wildman–Crippen LogP) is 5.18. The van der Waals surface area contributed by atoms with Gasteiger partial charge in [0.05, 0.1) is 10.6 Å². The van der Waals surface area contributed by atoms with Crippen molar-refractivity contribution in [3.63, 3.8) is 0 Å². The fraction of sp³-hybridized carbons (Fsp3) is 0. The molecule has 0 aliphatic heterocycles. The molecule has 0 saturated carbocycles. The molecule has 0 unspecified atom stereocenters. The van der Waals surface area contributed by atoms with Crippen molar-refractivity contribution < 1.29 is 4.92 Å². The van der Waals surface area contributed by atoms with Gasteiger partial charge in [0.1, 0.15) is 0 Å². The number of hydrogen-bond acceptors (Lipinski definition) is 2. The number of rotatable bonds is 3. The molecule has 0 bridgehead atoms. The summed E-state index contributed by atoms with van der Waals surface area (Å²) in [7, 11) is 0. The highest BCUT2D eigenvalue weighted by Gasteiger charge is 2.14. The summed E-state index contributed by atoms with van der Waals surface area (Å²) < 4.78 is 2.11. The highest BCUT2D eigenvalue weighted by molar-refractivity contribution is 5.87. The minimum absolute atomic E-state index is 0.0980. The van der Waals surface area contributed by atoms with Crippen molar-refractivity contribution >= 4 is 11.2 Å². The summed E-state index contributed by atoms with van der Waals surface area (Å²) in [6, 6.07) is 25.1. The summed E-state index contributed by atoms with van der Waals surface area (Å²) >= 11 is 0. The maximum atomic E-state index is 10.9. The third kappa shape index (κ3) is 2.34. The van der Waals surface area contributed by atoms with Crippen molar-refractivity contribution in [1.82, 2.24) is 4.40 Å². The van der Waals surface area contributed by atoms with Crippen LogP contribution in [0.2, 0.25) is 0 Å². The molecule has 0 amide bonds. The summed E-state index contributed by atoms with van der Waals surface area (Å²) in [5.74, 6) is 0. The number of hydrogen-bond donors (Lipinski definition) is 0. The first-order chi connectivity index (χ1) is 11.7.